The van der Waals surface area contributed by atoms with E-state index in [2.05, 4.69) is 4.98 Å². The van der Waals surface area contributed by atoms with Crippen LogP contribution in [0.5, 0.6) is 0 Å². The van der Waals surface area contributed by atoms with E-state index in [0.717, 1.165) is 16.7 Å². The molecule has 1 atom stereocenters. The van der Waals surface area contributed by atoms with Crippen molar-refractivity contribution in [2.24, 2.45) is 0 Å². The average molecular weight is 398 g/mol. The fourth-order valence-corrected chi connectivity index (χ4v) is 3.78. The molecular weight excluding hydrogens is 376 g/mol. The molecule has 0 aliphatic carbocycles. The van der Waals surface area contributed by atoms with Gasteiger partial charge in [-0.3, -0.25) is 19.5 Å². The number of hydrogen-bond acceptors (Lipinski definition) is 4. The molecule has 1 aliphatic rings. The van der Waals surface area contributed by atoms with Gasteiger partial charge in [-0.25, -0.2) is 0 Å². The molecule has 4 rings (SSSR count). The average Bonchev–Trinajstić information content (AvgIpc) is 3.01. The standard InChI is InChI=1S/C25H22N2O3/c1-15-5-4-6-20(13-15)27-22(18-9-11-26-12-10-18)21(24(29)25(27)30)23(28)19-8-7-16(2)17(3)14-19/h4-14,22,28H,1-3H3/b23-21-. The number of carbonyl (C=O) groups excluding carboxylic acids is 2. The second-order valence-corrected chi connectivity index (χ2v) is 7.59. The van der Waals surface area contributed by atoms with Crippen molar-refractivity contribution in [1.82, 2.24) is 4.98 Å². The second-order valence-electron chi connectivity index (χ2n) is 7.59. The maximum absolute atomic E-state index is 13.1. The Morgan fingerprint density at radius 2 is 1.67 bits per heavy atom. The maximum Gasteiger partial charge on any atom is 0.300 e. The lowest BCUT2D eigenvalue weighted by atomic mass is 9.94. The summed E-state index contributed by atoms with van der Waals surface area (Å²) in [5.41, 5.74) is 4.95. The van der Waals surface area contributed by atoms with Crippen molar-refractivity contribution in [3.05, 3.63) is 100 Å². The largest absolute Gasteiger partial charge is 0.507 e. The first kappa shape index (κ1) is 19.6. The molecule has 1 aliphatic heterocycles. The highest BCUT2D eigenvalue weighted by molar-refractivity contribution is 6.51. The Morgan fingerprint density at radius 3 is 2.33 bits per heavy atom. The molecule has 150 valence electrons. The Morgan fingerprint density at radius 1 is 0.933 bits per heavy atom. The summed E-state index contributed by atoms with van der Waals surface area (Å²) in [5, 5.41) is 11.1. The van der Waals surface area contributed by atoms with Gasteiger partial charge in [-0.2, -0.15) is 0 Å². The van der Waals surface area contributed by atoms with E-state index in [4.69, 9.17) is 0 Å². The summed E-state index contributed by atoms with van der Waals surface area (Å²) in [7, 11) is 0. The van der Waals surface area contributed by atoms with Crippen LogP contribution in [0.4, 0.5) is 5.69 Å². The SMILES string of the molecule is Cc1cccc(N2C(=O)C(=O)/C(=C(\O)c3ccc(C)c(C)c3)C2c2ccncc2)c1. The summed E-state index contributed by atoms with van der Waals surface area (Å²) < 4.78 is 0. The van der Waals surface area contributed by atoms with Crippen LogP contribution in [-0.2, 0) is 9.59 Å². The normalized spacial score (nSPS) is 18.1. The predicted octanol–water partition coefficient (Wildman–Crippen LogP) is 4.63. The van der Waals surface area contributed by atoms with Crippen molar-refractivity contribution < 1.29 is 14.7 Å². The van der Waals surface area contributed by atoms with Gasteiger partial charge in [0.05, 0.1) is 11.6 Å². The number of nitrogens with zero attached hydrogens (tertiary/aromatic N) is 2. The molecular formula is C25H22N2O3. The Balaban J connectivity index is 1.95. The van der Waals surface area contributed by atoms with Gasteiger partial charge in [0.2, 0.25) is 0 Å². The molecule has 1 saturated heterocycles. The third-order valence-corrected chi connectivity index (χ3v) is 5.53. The van der Waals surface area contributed by atoms with Crippen LogP contribution in [0.1, 0.15) is 33.9 Å². The Hall–Kier alpha value is -3.73. The summed E-state index contributed by atoms with van der Waals surface area (Å²) in [6, 6.07) is 15.7. The molecule has 2 aromatic carbocycles. The van der Waals surface area contributed by atoms with Crippen molar-refractivity contribution in [2.75, 3.05) is 4.90 Å². The molecule has 1 fully saturated rings. The first-order chi connectivity index (χ1) is 14.4. The van der Waals surface area contributed by atoms with E-state index in [1.54, 1.807) is 36.7 Å². The zero-order chi connectivity index (χ0) is 21.4. The molecule has 5 nitrogen and oxygen atoms in total. The number of aromatic nitrogens is 1. The highest BCUT2D eigenvalue weighted by atomic mass is 16.3. The van der Waals surface area contributed by atoms with Crippen molar-refractivity contribution >= 4 is 23.1 Å². The number of benzene rings is 2. The van der Waals surface area contributed by atoms with E-state index in [0.29, 0.717) is 16.8 Å². The van der Waals surface area contributed by atoms with Crippen molar-refractivity contribution in [3.63, 3.8) is 0 Å². The summed E-state index contributed by atoms with van der Waals surface area (Å²) >= 11 is 0. The highest BCUT2D eigenvalue weighted by Crippen LogP contribution is 2.42. The molecule has 3 aromatic rings. The molecule has 2 heterocycles. The summed E-state index contributed by atoms with van der Waals surface area (Å²) in [5.74, 6) is -1.53. The number of Topliss-reactive ketones (excluding diaryl/α,β-unsaturated/α-hetero) is 1. The van der Waals surface area contributed by atoms with Gasteiger partial charge in [0, 0.05) is 23.6 Å². The van der Waals surface area contributed by atoms with Gasteiger partial charge in [-0.05, 0) is 73.4 Å². The molecule has 1 N–H and O–H groups in total. The Labute approximate surface area is 175 Å². The fraction of sp³-hybridized carbons (Fsp3) is 0.160. The minimum absolute atomic E-state index is 0.0796. The fourth-order valence-electron chi connectivity index (χ4n) is 3.78. The lowest BCUT2D eigenvalue weighted by molar-refractivity contribution is -0.132. The first-order valence-corrected chi connectivity index (χ1v) is 9.73. The number of anilines is 1. The topological polar surface area (TPSA) is 70.5 Å². The maximum atomic E-state index is 13.1. The van der Waals surface area contributed by atoms with Crippen molar-refractivity contribution in [3.8, 4) is 0 Å². The van der Waals surface area contributed by atoms with Gasteiger partial charge >= 0.3 is 0 Å². The van der Waals surface area contributed by atoms with E-state index < -0.39 is 17.7 Å². The molecule has 1 aromatic heterocycles. The molecule has 0 radical (unpaired) electrons. The minimum atomic E-state index is -0.739. The third-order valence-electron chi connectivity index (χ3n) is 5.53. The summed E-state index contributed by atoms with van der Waals surface area (Å²) in [6.45, 7) is 5.85. The van der Waals surface area contributed by atoms with Crippen LogP contribution in [0.3, 0.4) is 0 Å². The van der Waals surface area contributed by atoms with Crippen LogP contribution in [0.15, 0.2) is 72.6 Å². The van der Waals surface area contributed by atoms with E-state index >= 15 is 0 Å². The smallest absolute Gasteiger partial charge is 0.300 e. The zero-order valence-corrected chi connectivity index (χ0v) is 17.1. The van der Waals surface area contributed by atoms with Crippen LogP contribution < -0.4 is 4.90 Å². The molecule has 0 spiro atoms. The van der Waals surface area contributed by atoms with Crippen LogP contribution in [0.2, 0.25) is 0 Å². The number of rotatable bonds is 3. The van der Waals surface area contributed by atoms with E-state index in [1.807, 2.05) is 51.1 Å². The van der Waals surface area contributed by atoms with Crippen LogP contribution in [-0.4, -0.2) is 21.8 Å². The van der Waals surface area contributed by atoms with Gasteiger partial charge < -0.3 is 5.11 Å². The molecule has 30 heavy (non-hydrogen) atoms. The Kier molecular flexibility index (Phi) is 4.96. The number of aliphatic hydroxyl groups excluding tert-OH is 1. The van der Waals surface area contributed by atoms with E-state index in [-0.39, 0.29) is 11.3 Å². The van der Waals surface area contributed by atoms with Crippen molar-refractivity contribution in [2.45, 2.75) is 26.8 Å². The lowest BCUT2D eigenvalue weighted by Gasteiger charge is -2.25. The number of pyridine rings is 1. The van der Waals surface area contributed by atoms with Gasteiger partial charge in [-0.15, -0.1) is 0 Å². The molecule has 1 amide bonds. The number of aryl methyl sites for hydroxylation is 3. The molecule has 0 saturated carbocycles. The van der Waals surface area contributed by atoms with Gasteiger partial charge in [0.25, 0.3) is 11.7 Å². The van der Waals surface area contributed by atoms with Crippen LogP contribution in [0.25, 0.3) is 5.76 Å². The summed E-state index contributed by atoms with van der Waals surface area (Å²) in [4.78, 5) is 31.7. The quantitative estimate of drug-likeness (QED) is 0.397. The Bertz CT molecular complexity index is 1180. The van der Waals surface area contributed by atoms with Gasteiger partial charge in [-0.1, -0.05) is 24.3 Å². The van der Waals surface area contributed by atoms with Crippen LogP contribution >= 0.6 is 0 Å². The number of hydrogen-bond donors (Lipinski definition) is 1. The molecule has 1 unspecified atom stereocenters. The lowest BCUT2D eigenvalue weighted by Crippen LogP contribution is -2.29. The number of carbonyl (C=O) groups is 2. The number of amides is 1. The number of aliphatic hydroxyl groups is 1. The molecule has 5 heteroatoms. The van der Waals surface area contributed by atoms with E-state index in [9.17, 15) is 14.7 Å². The first-order valence-electron chi connectivity index (χ1n) is 9.73. The monoisotopic (exact) mass is 398 g/mol. The zero-order valence-electron chi connectivity index (χ0n) is 17.1. The molecule has 0 bridgehead atoms. The van der Waals surface area contributed by atoms with E-state index in [1.165, 1.54) is 4.90 Å². The minimum Gasteiger partial charge on any atom is -0.507 e. The highest BCUT2D eigenvalue weighted by Gasteiger charge is 2.46. The van der Waals surface area contributed by atoms with Crippen LogP contribution in [0, 0.1) is 20.8 Å². The summed E-state index contributed by atoms with van der Waals surface area (Å²) in [6.07, 6.45) is 3.23. The predicted molar refractivity (Wildman–Crippen MR) is 116 cm³/mol. The van der Waals surface area contributed by atoms with Crippen molar-refractivity contribution in [1.29, 1.82) is 0 Å². The number of ketones is 1. The third kappa shape index (κ3) is 3.28. The van der Waals surface area contributed by atoms with Gasteiger partial charge in [0.15, 0.2) is 0 Å². The van der Waals surface area contributed by atoms with Gasteiger partial charge in [0.1, 0.15) is 5.76 Å². The second kappa shape index (κ2) is 7.59.